The number of carboxylic acid groups (broad SMARTS) is 1. The van der Waals surface area contributed by atoms with Gasteiger partial charge in [-0.05, 0) is 25.3 Å². The summed E-state index contributed by atoms with van der Waals surface area (Å²) in [6.07, 6.45) is 11.3. The molecule has 0 atom stereocenters. The number of carbonyl (C=O) groups is 1. The molecule has 0 amide bonds. The molecule has 1 aromatic heterocycles. The first-order valence-electron chi connectivity index (χ1n) is 7.11. The van der Waals surface area contributed by atoms with Crippen LogP contribution in [0.3, 0.4) is 0 Å². The highest BCUT2D eigenvalue weighted by Gasteiger charge is 2.20. The third-order valence-electron chi connectivity index (χ3n) is 3.56. The fourth-order valence-corrected chi connectivity index (χ4v) is 3.78. The molecule has 0 bridgehead atoms. The number of carboxylic acids is 1. The molecule has 4 heteroatoms. The summed E-state index contributed by atoms with van der Waals surface area (Å²) in [4.78, 5) is 16.5. The minimum Gasteiger partial charge on any atom is -0.478 e. The van der Waals surface area contributed by atoms with Crippen LogP contribution in [0.25, 0.3) is 6.08 Å². The van der Waals surface area contributed by atoms with Gasteiger partial charge in [-0.15, -0.1) is 11.3 Å². The van der Waals surface area contributed by atoms with Crippen LogP contribution < -0.4 is 0 Å². The lowest BCUT2D eigenvalue weighted by molar-refractivity contribution is -0.131. The number of hydrogen-bond donors (Lipinski definition) is 1. The highest BCUT2D eigenvalue weighted by molar-refractivity contribution is 7.12. The highest BCUT2D eigenvalue weighted by atomic mass is 32.1. The predicted octanol–water partition coefficient (Wildman–Crippen LogP) is 4.24. The van der Waals surface area contributed by atoms with E-state index in [9.17, 15) is 4.79 Å². The number of nitrogens with zero attached hydrogens (tertiary/aromatic N) is 1. The minimum absolute atomic E-state index is 0.598. The second-order valence-corrected chi connectivity index (χ2v) is 6.18. The number of hydrogen-bond acceptors (Lipinski definition) is 3. The Labute approximate surface area is 118 Å². The van der Waals surface area contributed by atoms with Gasteiger partial charge in [0.25, 0.3) is 0 Å². The first-order valence-corrected chi connectivity index (χ1v) is 7.93. The first kappa shape index (κ1) is 14.3. The van der Waals surface area contributed by atoms with Crippen molar-refractivity contribution in [1.82, 2.24) is 4.98 Å². The van der Waals surface area contributed by atoms with Crippen molar-refractivity contribution in [2.24, 2.45) is 0 Å². The average molecular weight is 279 g/mol. The van der Waals surface area contributed by atoms with Crippen molar-refractivity contribution < 1.29 is 9.90 Å². The Balaban J connectivity index is 2.20. The first-order chi connectivity index (χ1) is 9.20. The Hall–Kier alpha value is -1.16. The van der Waals surface area contributed by atoms with Crippen LogP contribution in [0.2, 0.25) is 0 Å². The summed E-state index contributed by atoms with van der Waals surface area (Å²) >= 11 is 1.69. The van der Waals surface area contributed by atoms with Crippen LogP contribution in [-0.4, -0.2) is 16.1 Å². The van der Waals surface area contributed by atoms with Gasteiger partial charge in [-0.1, -0.05) is 32.6 Å². The third-order valence-corrected chi connectivity index (χ3v) is 4.79. The maximum atomic E-state index is 10.6. The largest absolute Gasteiger partial charge is 0.478 e. The van der Waals surface area contributed by atoms with E-state index in [0.29, 0.717) is 5.92 Å². The summed E-state index contributed by atoms with van der Waals surface area (Å²) in [5.41, 5.74) is 1.07. The fourth-order valence-electron chi connectivity index (χ4n) is 2.60. The van der Waals surface area contributed by atoms with Crippen molar-refractivity contribution in [1.29, 1.82) is 0 Å². The maximum Gasteiger partial charge on any atom is 0.328 e. The molecule has 0 aromatic carbocycles. The summed E-state index contributed by atoms with van der Waals surface area (Å²) in [7, 11) is 0. The van der Waals surface area contributed by atoms with E-state index >= 15 is 0 Å². The van der Waals surface area contributed by atoms with E-state index in [1.807, 2.05) is 0 Å². The zero-order chi connectivity index (χ0) is 13.7. The number of rotatable bonds is 5. The summed E-state index contributed by atoms with van der Waals surface area (Å²) < 4.78 is 0. The Morgan fingerprint density at radius 2 is 2.16 bits per heavy atom. The van der Waals surface area contributed by atoms with Crippen LogP contribution in [0.5, 0.6) is 0 Å². The molecule has 0 radical (unpaired) electrons. The van der Waals surface area contributed by atoms with Crippen molar-refractivity contribution >= 4 is 23.4 Å². The van der Waals surface area contributed by atoms with Gasteiger partial charge < -0.3 is 5.11 Å². The van der Waals surface area contributed by atoms with Crippen LogP contribution >= 0.6 is 11.3 Å². The Bertz CT molecular complexity index is 459. The Morgan fingerprint density at radius 1 is 1.42 bits per heavy atom. The van der Waals surface area contributed by atoms with E-state index in [1.54, 1.807) is 17.4 Å². The normalized spacial score (nSPS) is 17.1. The molecular weight excluding hydrogens is 258 g/mol. The molecule has 1 heterocycles. The predicted molar refractivity (Wildman–Crippen MR) is 78.6 cm³/mol. The summed E-state index contributed by atoms with van der Waals surface area (Å²) in [5.74, 6) is -0.295. The monoisotopic (exact) mass is 279 g/mol. The number of aromatic nitrogens is 1. The molecule has 0 spiro atoms. The Kier molecular flexibility index (Phi) is 5.14. The summed E-state index contributed by atoms with van der Waals surface area (Å²) in [6.45, 7) is 2.13. The van der Waals surface area contributed by atoms with Crippen molar-refractivity contribution in [2.45, 2.75) is 57.8 Å². The van der Waals surface area contributed by atoms with Gasteiger partial charge in [-0.2, -0.15) is 0 Å². The molecule has 1 aromatic rings. The molecule has 0 saturated heterocycles. The van der Waals surface area contributed by atoms with Gasteiger partial charge in [0, 0.05) is 12.0 Å². The van der Waals surface area contributed by atoms with E-state index in [-0.39, 0.29) is 0 Å². The lowest BCUT2D eigenvalue weighted by Gasteiger charge is -2.18. The highest BCUT2D eigenvalue weighted by Crippen LogP contribution is 2.36. The summed E-state index contributed by atoms with van der Waals surface area (Å²) in [5, 5.41) is 9.96. The number of aliphatic carboxylic acids is 1. The molecule has 3 nitrogen and oxygen atoms in total. The van der Waals surface area contributed by atoms with Crippen LogP contribution in [0.15, 0.2) is 6.08 Å². The van der Waals surface area contributed by atoms with E-state index in [1.165, 1.54) is 43.2 Å². The van der Waals surface area contributed by atoms with E-state index in [4.69, 9.17) is 10.1 Å². The van der Waals surface area contributed by atoms with Gasteiger partial charge in [-0.25, -0.2) is 9.78 Å². The second kappa shape index (κ2) is 6.85. The molecule has 1 fully saturated rings. The molecule has 1 N–H and O–H groups in total. The van der Waals surface area contributed by atoms with Gasteiger partial charge in [0.05, 0.1) is 15.6 Å². The van der Waals surface area contributed by atoms with E-state index in [2.05, 4.69) is 6.92 Å². The third kappa shape index (κ3) is 3.90. The van der Waals surface area contributed by atoms with Gasteiger partial charge in [0.2, 0.25) is 0 Å². The molecule has 1 saturated carbocycles. The van der Waals surface area contributed by atoms with Gasteiger partial charge in [0.15, 0.2) is 0 Å². The van der Waals surface area contributed by atoms with Gasteiger partial charge in [0.1, 0.15) is 0 Å². The van der Waals surface area contributed by atoms with Crippen molar-refractivity contribution in [2.75, 3.05) is 0 Å². The van der Waals surface area contributed by atoms with Crippen LogP contribution in [-0.2, 0) is 11.2 Å². The number of aryl methyl sites for hydroxylation is 1. The van der Waals surface area contributed by atoms with Gasteiger partial charge in [-0.3, -0.25) is 0 Å². The molecular formula is C15H21NO2S. The fraction of sp³-hybridized carbons (Fsp3) is 0.600. The van der Waals surface area contributed by atoms with E-state index in [0.717, 1.165) is 23.4 Å². The maximum absolute atomic E-state index is 10.6. The van der Waals surface area contributed by atoms with Crippen LogP contribution in [0.1, 0.15) is 66.9 Å². The second-order valence-electron chi connectivity index (χ2n) is 5.12. The smallest absolute Gasteiger partial charge is 0.328 e. The van der Waals surface area contributed by atoms with Gasteiger partial charge >= 0.3 is 5.97 Å². The molecule has 0 aliphatic heterocycles. The Morgan fingerprint density at radius 3 is 2.79 bits per heavy atom. The SMILES string of the molecule is CCCc1nc(C2CCCCC2)sc1/C=C/C(=O)O. The topological polar surface area (TPSA) is 50.2 Å². The average Bonchev–Trinajstić information content (AvgIpc) is 2.81. The van der Waals surface area contributed by atoms with Crippen molar-refractivity contribution in [3.05, 3.63) is 21.7 Å². The molecule has 104 valence electrons. The lowest BCUT2D eigenvalue weighted by atomic mass is 9.90. The van der Waals surface area contributed by atoms with Crippen LogP contribution in [0, 0.1) is 0 Å². The molecule has 1 aliphatic carbocycles. The van der Waals surface area contributed by atoms with Crippen molar-refractivity contribution in [3.8, 4) is 0 Å². The zero-order valence-corrected chi connectivity index (χ0v) is 12.2. The lowest BCUT2D eigenvalue weighted by Crippen LogP contribution is -2.04. The van der Waals surface area contributed by atoms with E-state index < -0.39 is 5.97 Å². The van der Waals surface area contributed by atoms with Crippen LogP contribution in [0.4, 0.5) is 0 Å². The zero-order valence-electron chi connectivity index (χ0n) is 11.4. The minimum atomic E-state index is -0.893. The quantitative estimate of drug-likeness (QED) is 0.820. The van der Waals surface area contributed by atoms with Crippen molar-refractivity contribution in [3.63, 3.8) is 0 Å². The number of thiazole rings is 1. The molecule has 1 aliphatic rings. The molecule has 19 heavy (non-hydrogen) atoms. The molecule has 2 rings (SSSR count). The molecule has 0 unspecified atom stereocenters. The standard InChI is InChI=1S/C15H21NO2S/c1-2-6-12-13(9-10-14(17)18)19-15(16-12)11-7-4-3-5-8-11/h9-11H,2-8H2,1H3,(H,17,18)/b10-9+. The summed E-state index contributed by atoms with van der Waals surface area (Å²) in [6, 6.07) is 0.